The summed E-state index contributed by atoms with van der Waals surface area (Å²) in [6.07, 6.45) is 2.15. The SMILES string of the molecule is CC1CCCN(C(=O)c2csc(Nc3cc4c(cc3F)OCO4)n2)C1C. The van der Waals surface area contributed by atoms with E-state index in [4.69, 9.17) is 9.47 Å². The first kappa shape index (κ1) is 17.1. The van der Waals surface area contributed by atoms with Crippen LogP contribution in [-0.4, -0.2) is 35.2 Å². The Balaban J connectivity index is 1.51. The molecule has 2 aliphatic rings. The van der Waals surface area contributed by atoms with Gasteiger partial charge in [0.25, 0.3) is 5.91 Å². The molecule has 0 bridgehead atoms. The predicted octanol–water partition coefficient (Wildman–Crippen LogP) is 4.02. The molecule has 1 fully saturated rings. The quantitative estimate of drug-likeness (QED) is 0.875. The number of halogens is 1. The van der Waals surface area contributed by atoms with E-state index in [1.165, 1.54) is 23.5 Å². The fourth-order valence-electron chi connectivity index (χ4n) is 3.33. The van der Waals surface area contributed by atoms with Crippen molar-refractivity contribution in [2.24, 2.45) is 5.92 Å². The number of rotatable bonds is 3. The second-order valence-electron chi connectivity index (χ2n) is 6.71. The van der Waals surface area contributed by atoms with E-state index in [0.29, 0.717) is 28.2 Å². The number of thiazole rings is 1. The van der Waals surface area contributed by atoms with Gasteiger partial charge in [-0.2, -0.15) is 0 Å². The number of nitrogens with zero attached hydrogens (tertiary/aromatic N) is 2. The third kappa shape index (κ3) is 3.09. The smallest absolute Gasteiger partial charge is 0.273 e. The van der Waals surface area contributed by atoms with Crippen LogP contribution in [-0.2, 0) is 0 Å². The molecule has 0 aliphatic carbocycles. The molecule has 0 saturated carbocycles. The number of aromatic nitrogens is 1. The number of benzene rings is 1. The van der Waals surface area contributed by atoms with Gasteiger partial charge < -0.3 is 19.7 Å². The third-order valence-electron chi connectivity index (χ3n) is 5.06. The van der Waals surface area contributed by atoms with Crippen molar-refractivity contribution in [2.75, 3.05) is 18.7 Å². The fraction of sp³-hybridized carbons (Fsp3) is 0.444. The van der Waals surface area contributed by atoms with Crippen LogP contribution in [0.1, 0.15) is 37.2 Å². The Morgan fingerprint density at radius 1 is 1.35 bits per heavy atom. The van der Waals surface area contributed by atoms with Gasteiger partial charge in [0.2, 0.25) is 6.79 Å². The molecule has 1 N–H and O–H groups in total. The van der Waals surface area contributed by atoms with Gasteiger partial charge >= 0.3 is 0 Å². The Bertz CT molecular complexity index is 841. The summed E-state index contributed by atoms with van der Waals surface area (Å²) in [4.78, 5) is 19.0. The lowest BCUT2D eigenvalue weighted by Crippen LogP contribution is -2.46. The molecule has 138 valence electrons. The van der Waals surface area contributed by atoms with E-state index >= 15 is 0 Å². The van der Waals surface area contributed by atoms with Crippen molar-refractivity contribution in [1.29, 1.82) is 0 Å². The number of carbonyl (C=O) groups excluding carboxylic acids is 1. The normalized spacial score (nSPS) is 21.7. The van der Waals surface area contributed by atoms with Crippen molar-refractivity contribution in [3.63, 3.8) is 0 Å². The summed E-state index contributed by atoms with van der Waals surface area (Å²) in [5.41, 5.74) is 0.627. The molecule has 1 amide bonds. The molecule has 4 rings (SSSR count). The van der Waals surface area contributed by atoms with Crippen LogP contribution >= 0.6 is 11.3 Å². The highest BCUT2D eigenvalue weighted by Gasteiger charge is 2.30. The van der Waals surface area contributed by atoms with Gasteiger partial charge in [0.05, 0.1) is 5.69 Å². The van der Waals surface area contributed by atoms with Crippen LogP contribution < -0.4 is 14.8 Å². The molecule has 1 saturated heterocycles. The highest BCUT2D eigenvalue weighted by molar-refractivity contribution is 7.14. The number of anilines is 2. The van der Waals surface area contributed by atoms with Gasteiger partial charge in [-0.05, 0) is 25.7 Å². The molecule has 2 unspecified atom stereocenters. The molecule has 2 aromatic rings. The first-order chi connectivity index (χ1) is 12.5. The number of amides is 1. The predicted molar refractivity (Wildman–Crippen MR) is 96.8 cm³/mol. The first-order valence-electron chi connectivity index (χ1n) is 8.65. The highest BCUT2D eigenvalue weighted by atomic mass is 32.1. The maximum Gasteiger partial charge on any atom is 0.273 e. The minimum Gasteiger partial charge on any atom is -0.454 e. The lowest BCUT2D eigenvalue weighted by Gasteiger charge is -2.37. The molecule has 0 radical (unpaired) electrons. The Hall–Kier alpha value is -2.35. The molecule has 1 aromatic heterocycles. The lowest BCUT2D eigenvalue weighted by atomic mass is 9.92. The Morgan fingerprint density at radius 2 is 2.12 bits per heavy atom. The number of fused-ring (bicyclic) bond motifs is 1. The lowest BCUT2D eigenvalue weighted by molar-refractivity contribution is 0.0546. The summed E-state index contributed by atoms with van der Waals surface area (Å²) in [7, 11) is 0. The number of ether oxygens (including phenoxy) is 2. The number of nitrogens with one attached hydrogen (secondary N) is 1. The zero-order valence-electron chi connectivity index (χ0n) is 14.6. The maximum absolute atomic E-state index is 14.2. The number of hydrogen-bond acceptors (Lipinski definition) is 6. The highest BCUT2D eigenvalue weighted by Crippen LogP contribution is 2.37. The summed E-state index contributed by atoms with van der Waals surface area (Å²) >= 11 is 1.27. The monoisotopic (exact) mass is 377 g/mol. The second kappa shape index (κ2) is 6.75. The molecule has 3 heterocycles. The zero-order valence-corrected chi connectivity index (χ0v) is 15.4. The van der Waals surface area contributed by atoms with Gasteiger partial charge in [-0.1, -0.05) is 6.92 Å². The number of likely N-dealkylation sites (tertiary alicyclic amines) is 1. The maximum atomic E-state index is 14.2. The number of piperidine rings is 1. The topological polar surface area (TPSA) is 63.7 Å². The molecule has 2 aliphatic heterocycles. The van der Waals surface area contributed by atoms with Crippen molar-refractivity contribution >= 4 is 28.1 Å². The van der Waals surface area contributed by atoms with Crippen LogP contribution in [0.15, 0.2) is 17.5 Å². The molecular weight excluding hydrogens is 357 g/mol. The second-order valence-corrected chi connectivity index (χ2v) is 7.56. The van der Waals surface area contributed by atoms with Gasteiger partial charge in [-0.3, -0.25) is 4.79 Å². The van der Waals surface area contributed by atoms with Crippen molar-refractivity contribution < 1.29 is 18.7 Å². The number of hydrogen-bond donors (Lipinski definition) is 1. The van der Waals surface area contributed by atoms with Crippen molar-refractivity contribution in [3.8, 4) is 11.5 Å². The van der Waals surface area contributed by atoms with Crippen LogP contribution in [0, 0.1) is 11.7 Å². The molecule has 0 spiro atoms. The van der Waals surface area contributed by atoms with Crippen LogP contribution in [0.25, 0.3) is 0 Å². The van der Waals surface area contributed by atoms with Crippen LogP contribution in [0.4, 0.5) is 15.2 Å². The summed E-state index contributed by atoms with van der Waals surface area (Å²) in [6, 6.07) is 3.01. The van der Waals surface area contributed by atoms with Gasteiger partial charge in [0.1, 0.15) is 5.69 Å². The Kier molecular flexibility index (Phi) is 4.44. The summed E-state index contributed by atoms with van der Waals surface area (Å²) < 4.78 is 24.6. The van der Waals surface area contributed by atoms with Gasteiger partial charge in [-0.25, -0.2) is 9.37 Å². The summed E-state index contributed by atoms with van der Waals surface area (Å²) in [5, 5.41) is 5.10. The van der Waals surface area contributed by atoms with Crippen molar-refractivity contribution in [3.05, 3.63) is 29.0 Å². The third-order valence-corrected chi connectivity index (χ3v) is 5.82. The summed E-state index contributed by atoms with van der Waals surface area (Å²) in [6.45, 7) is 5.08. The average Bonchev–Trinajstić information content (AvgIpc) is 3.26. The van der Waals surface area contributed by atoms with E-state index < -0.39 is 5.82 Å². The molecule has 6 nitrogen and oxygen atoms in total. The molecular formula is C18H20FN3O3S. The van der Waals surface area contributed by atoms with E-state index in [-0.39, 0.29) is 24.4 Å². The molecule has 2 atom stereocenters. The number of carbonyl (C=O) groups is 1. The average molecular weight is 377 g/mol. The first-order valence-corrected chi connectivity index (χ1v) is 9.53. The van der Waals surface area contributed by atoms with Crippen LogP contribution in [0.3, 0.4) is 0 Å². The summed E-state index contributed by atoms with van der Waals surface area (Å²) in [5.74, 6) is 0.816. The van der Waals surface area contributed by atoms with Crippen molar-refractivity contribution in [2.45, 2.75) is 32.7 Å². The Morgan fingerprint density at radius 3 is 2.92 bits per heavy atom. The van der Waals surface area contributed by atoms with E-state index in [9.17, 15) is 9.18 Å². The van der Waals surface area contributed by atoms with E-state index in [2.05, 4.69) is 24.1 Å². The van der Waals surface area contributed by atoms with E-state index in [1.54, 1.807) is 5.38 Å². The van der Waals surface area contributed by atoms with E-state index in [0.717, 1.165) is 19.4 Å². The molecule has 1 aromatic carbocycles. The largest absolute Gasteiger partial charge is 0.454 e. The van der Waals surface area contributed by atoms with Crippen LogP contribution in [0.2, 0.25) is 0 Å². The Labute approximate surface area is 154 Å². The van der Waals surface area contributed by atoms with Gasteiger partial charge in [0, 0.05) is 30.1 Å². The minimum absolute atomic E-state index is 0.0699. The fourth-order valence-corrected chi connectivity index (χ4v) is 4.02. The van der Waals surface area contributed by atoms with Crippen LogP contribution in [0.5, 0.6) is 11.5 Å². The van der Waals surface area contributed by atoms with Gasteiger partial charge in [0.15, 0.2) is 22.4 Å². The molecule has 26 heavy (non-hydrogen) atoms. The standard InChI is InChI=1S/C18H20FN3O3S/c1-10-4-3-5-22(11(10)2)17(23)14-8-26-18(21-14)20-13-7-16-15(6-12(13)19)24-9-25-16/h6-8,10-11H,3-5,9H2,1-2H3,(H,20,21). The minimum atomic E-state index is -0.462. The molecule has 8 heteroatoms. The zero-order chi connectivity index (χ0) is 18.3. The van der Waals surface area contributed by atoms with E-state index in [1.807, 2.05) is 4.90 Å². The van der Waals surface area contributed by atoms with Gasteiger partial charge in [-0.15, -0.1) is 11.3 Å². The van der Waals surface area contributed by atoms with Crippen molar-refractivity contribution in [1.82, 2.24) is 9.88 Å².